The number of likely N-dealkylation sites (N-methyl/N-ethyl adjacent to an activating group) is 1. The van der Waals surface area contributed by atoms with Crippen molar-refractivity contribution in [3.8, 4) is 5.75 Å². The molecule has 1 aromatic carbocycles. The van der Waals surface area contributed by atoms with Crippen molar-refractivity contribution in [3.05, 3.63) is 45.4 Å². The molecule has 0 radical (unpaired) electrons. The van der Waals surface area contributed by atoms with Crippen LogP contribution < -0.4 is 10.1 Å². The van der Waals surface area contributed by atoms with Gasteiger partial charge in [-0.1, -0.05) is 12.1 Å². The number of carboxylic acids is 1. The van der Waals surface area contributed by atoms with Crippen molar-refractivity contribution < 1.29 is 24.2 Å². The molecule has 27 heavy (non-hydrogen) atoms. The average molecular weight is 391 g/mol. The lowest BCUT2D eigenvalue weighted by Crippen LogP contribution is -2.29. The number of aromatic carboxylic acids is 1. The summed E-state index contributed by atoms with van der Waals surface area (Å²) in [6.07, 6.45) is 0. The zero-order valence-corrected chi connectivity index (χ0v) is 16.3. The quantitative estimate of drug-likeness (QED) is 0.748. The SMILES string of the molecule is Cc1nc(C(C)NC(=O)c2ccccc2OCC(=O)N(C)C)sc1C(=O)O. The van der Waals surface area contributed by atoms with Crippen molar-refractivity contribution in [2.45, 2.75) is 19.9 Å². The number of benzene rings is 1. The number of carbonyl (C=O) groups is 3. The molecule has 2 N–H and O–H groups in total. The number of carbonyl (C=O) groups excluding carboxylic acids is 2. The number of aromatic nitrogens is 1. The number of ether oxygens (including phenoxy) is 1. The van der Waals surface area contributed by atoms with Gasteiger partial charge in [-0.05, 0) is 26.0 Å². The average Bonchev–Trinajstić information content (AvgIpc) is 3.01. The van der Waals surface area contributed by atoms with E-state index in [0.29, 0.717) is 16.5 Å². The first-order valence-corrected chi connectivity index (χ1v) is 8.95. The van der Waals surface area contributed by atoms with Gasteiger partial charge in [-0.25, -0.2) is 9.78 Å². The van der Waals surface area contributed by atoms with Gasteiger partial charge in [-0.15, -0.1) is 11.3 Å². The number of nitrogens with zero attached hydrogens (tertiary/aromatic N) is 2. The number of carboxylic acid groups (broad SMARTS) is 1. The van der Waals surface area contributed by atoms with Gasteiger partial charge in [0.2, 0.25) is 0 Å². The Morgan fingerprint density at radius 1 is 1.30 bits per heavy atom. The lowest BCUT2D eigenvalue weighted by Gasteiger charge is -2.15. The van der Waals surface area contributed by atoms with Gasteiger partial charge in [-0.2, -0.15) is 0 Å². The second kappa shape index (κ2) is 8.63. The summed E-state index contributed by atoms with van der Waals surface area (Å²) in [6, 6.07) is 6.12. The van der Waals surface area contributed by atoms with Crippen molar-refractivity contribution in [1.29, 1.82) is 0 Å². The number of para-hydroxylation sites is 1. The van der Waals surface area contributed by atoms with Gasteiger partial charge in [0.15, 0.2) is 6.61 Å². The van der Waals surface area contributed by atoms with Gasteiger partial charge in [0.25, 0.3) is 11.8 Å². The van der Waals surface area contributed by atoms with Crippen LogP contribution in [0.25, 0.3) is 0 Å². The van der Waals surface area contributed by atoms with Gasteiger partial charge < -0.3 is 20.1 Å². The van der Waals surface area contributed by atoms with Crippen LogP contribution >= 0.6 is 11.3 Å². The van der Waals surface area contributed by atoms with Gasteiger partial charge in [0, 0.05) is 14.1 Å². The summed E-state index contributed by atoms with van der Waals surface area (Å²) in [5.41, 5.74) is 0.692. The predicted octanol–water partition coefficient (Wildman–Crippen LogP) is 2.11. The molecule has 144 valence electrons. The molecule has 2 rings (SSSR count). The smallest absolute Gasteiger partial charge is 0.347 e. The number of hydrogen-bond acceptors (Lipinski definition) is 6. The summed E-state index contributed by atoms with van der Waals surface area (Å²) < 4.78 is 5.48. The van der Waals surface area contributed by atoms with Crippen LogP contribution in [0.15, 0.2) is 24.3 Å². The van der Waals surface area contributed by atoms with E-state index in [1.54, 1.807) is 52.2 Å². The highest BCUT2D eigenvalue weighted by Gasteiger charge is 2.21. The molecule has 1 unspecified atom stereocenters. The highest BCUT2D eigenvalue weighted by molar-refractivity contribution is 7.13. The molecular formula is C18H21N3O5S. The normalized spacial score (nSPS) is 11.6. The fourth-order valence-corrected chi connectivity index (χ4v) is 3.09. The molecule has 0 aliphatic rings. The summed E-state index contributed by atoms with van der Waals surface area (Å²) in [5.74, 6) is -1.38. The molecule has 0 aliphatic heterocycles. The third-order valence-corrected chi connectivity index (χ3v) is 5.04. The van der Waals surface area contributed by atoms with Crippen LogP contribution in [0.4, 0.5) is 0 Å². The largest absolute Gasteiger partial charge is 0.483 e. The number of aryl methyl sites for hydroxylation is 1. The zero-order valence-electron chi connectivity index (χ0n) is 15.5. The van der Waals surface area contributed by atoms with E-state index in [1.807, 2.05) is 0 Å². The highest BCUT2D eigenvalue weighted by Crippen LogP contribution is 2.25. The topological polar surface area (TPSA) is 109 Å². The molecule has 0 saturated carbocycles. The monoisotopic (exact) mass is 391 g/mol. The Balaban J connectivity index is 2.12. The fraction of sp³-hybridized carbons (Fsp3) is 0.333. The van der Waals surface area contributed by atoms with Crippen LogP contribution in [-0.4, -0.2) is 53.5 Å². The van der Waals surface area contributed by atoms with Crippen LogP contribution in [0, 0.1) is 6.92 Å². The minimum Gasteiger partial charge on any atom is -0.483 e. The van der Waals surface area contributed by atoms with E-state index >= 15 is 0 Å². The van der Waals surface area contributed by atoms with E-state index in [1.165, 1.54) is 4.90 Å². The Bertz CT molecular complexity index is 862. The minimum atomic E-state index is -1.04. The predicted molar refractivity (Wildman–Crippen MR) is 100 cm³/mol. The number of thiazole rings is 1. The lowest BCUT2D eigenvalue weighted by atomic mass is 10.1. The first kappa shape index (κ1) is 20.4. The molecule has 0 fully saturated rings. The van der Waals surface area contributed by atoms with Crippen molar-refractivity contribution >= 4 is 29.1 Å². The number of nitrogens with one attached hydrogen (secondary N) is 1. The second-order valence-corrected chi connectivity index (χ2v) is 7.07. The summed E-state index contributed by atoms with van der Waals surface area (Å²) in [7, 11) is 3.24. The molecule has 2 amide bonds. The molecule has 0 aliphatic carbocycles. The molecule has 1 aromatic heterocycles. The Kier molecular flexibility index (Phi) is 6.51. The van der Waals surface area contributed by atoms with Gasteiger partial charge in [0.05, 0.1) is 17.3 Å². The van der Waals surface area contributed by atoms with E-state index in [9.17, 15) is 14.4 Å². The van der Waals surface area contributed by atoms with E-state index in [4.69, 9.17) is 9.84 Å². The zero-order chi connectivity index (χ0) is 20.1. The molecule has 2 aromatic rings. The van der Waals surface area contributed by atoms with Crippen molar-refractivity contribution in [1.82, 2.24) is 15.2 Å². The molecule has 1 heterocycles. The highest BCUT2D eigenvalue weighted by atomic mass is 32.1. The van der Waals surface area contributed by atoms with E-state index in [-0.39, 0.29) is 23.0 Å². The van der Waals surface area contributed by atoms with Crippen LogP contribution in [-0.2, 0) is 4.79 Å². The lowest BCUT2D eigenvalue weighted by molar-refractivity contribution is -0.130. The maximum absolute atomic E-state index is 12.6. The Morgan fingerprint density at radius 2 is 1.96 bits per heavy atom. The van der Waals surface area contributed by atoms with Gasteiger partial charge >= 0.3 is 5.97 Å². The molecule has 8 nitrogen and oxygen atoms in total. The van der Waals surface area contributed by atoms with Gasteiger partial charge in [-0.3, -0.25) is 9.59 Å². The van der Waals surface area contributed by atoms with Crippen molar-refractivity contribution in [3.63, 3.8) is 0 Å². The number of amides is 2. The van der Waals surface area contributed by atoms with Crippen LogP contribution in [0.3, 0.4) is 0 Å². The van der Waals surface area contributed by atoms with E-state index in [0.717, 1.165) is 11.3 Å². The van der Waals surface area contributed by atoms with Crippen molar-refractivity contribution in [2.24, 2.45) is 0 Å². The second-order valence-electron chi connectivity index (χ2n) is 6.04. The Labute approximate surface area is 160 Å². The Hall–Kier alpha value is -2.94. The molecule has 0 saturated heterocycles. The third-order valence-electron chi connectivity index (χ3n) is 3.71. The summed E-state index contributed by atoms with van der Waals surface area (Å²) in [5, 5.41) is 12.4. The molecule has 1 atom stereocenters. The summed E-state index contributed by atoms with van der Waals surface area (Å²) >= 11 is 1.03. The van der Waals surface area contributed by atoms with Crippen LogP contribution in [0.2, 0.25) is 0 Å². The number of rotatable bonds is 7. The first-order chi connectivity index (χ1) is 12.7. The maximum atomic E-state index is 12.6. The molecule has 0 bridgehead atoms. The summed E-state index contributed by atoms with van der Waals surface area (Å²) in [4.78, 5) is 41.2. The fourth-order valence-electron chi connectivity index (χ4n) is 2.19. The van der Waals surface area contributed by atoms with Crippen LogP contribution in [0.5, 0.6) is 5.75 Å². The minimum absolute atomic E-state index is 0.150. The standard InChI is InChI=1S/C18H21N3O5S/c1-10-15(18(24)25)27-17(20-10)11(2)19-16(23)12-7-5-6-8-13(12)26-9-14(22)21(3)4/h5-8,11H,9H2,1-4H3,(H,19,23)(H,24,25). The molecular weight excluding hydrogens is 370 g/mol. The maximum Gasteiger partial charge on any atom is 0.347 e. The van der Waals surface area contributed by atoms with E-state index < -0.39 is 17.9 Å². The third kappa shape index (κ3) is 5.04. The van der Waals surface area contributed by atoms with E-state index in [2.05, 4.69) is 10.3 Å². The first-order valence-electron chi connectivity index (χ1n) is 8.14. The molecule has 0 spiro atoms. The van der Waals surface area contributed by atoms with Crippen molar-refractivity contribution in [2.75, 3.05) is 20.7 Å². The summed E-state index contributed by atoms with van der Waals surface area (Å²) in [6.45, 7) is 3.16. The molecule has 9 heteroatoms. The van der Waals surface area contributed by atoms with Gasteiger partial charge in [0.1, 0.15) is 15.6 Å². The Morgan fingerprint density at radius 3 is 2.56 bits per heavy atom. The van der Waals surface area contributed by atoms with Crippen LogP contribution in [0.1, 0.15) is 43.7 Å². The number of hydrogen-bond donors (Lipinski definition) is 2.